The molecular weight excluding hydrogens is 260 g/mol. The first kappa shape index (κ1) is 15.8. The van der Waals surface area contributed by atoms with Gasteiger partial charge in [-0.25, -0.2) is 0 Å². The highest BCUT2D eigenvalue weighted by molar-refractivity contribution is 7.87. The fourth-order valence-corrected chi connectivity index (χ4v) is 3.46. The highest BCUT2D eigenvalue weighted by Crippen LogP contribution is 2.13. The molecule has 18 heavy (non-hydrogen) atoms. The molecule has 0 aromatic heterocycles. The molecule has 0 radical (unpaired) electrons. The van der Waals surface area contributed by atoms with E-state index in [0.29, 0.717) is 13.1 Å². The molecule has 3 atom stereocenters. The minimum absolute atomic E-state index is 0.130. The van der Waals surface area contributed by atoms with Crippen LogP contribution >= 0.6 is 0 Å². The summed E-state index contributed by atoms with van der Waals surface area (Å²) in [5, 5.41) is 9.07. The molecule has 0 aliphatic carbocycles. The Bertz CT molecular complexity index is 338. The summed E-state index contributed by atoms with van der Waals surface area (Å²) < 4.78 is 38.3. The van der Waals surface area contributed by atoms with E-state index in [4.69, 9.17) is 14.6 Å². The SMILES string of the molecule is COCC(CO)NS(=O)(=O)N1CC(C)OC(C)C1. The van der Waals surface area contributed by atoms with Crippen LogP contribution in [0.25, 0.3) is 0 Å². The van der Waals surface area contributed by atoms with Gasteiger partial charge in [-0.15, -0.1) is 0 Å². The van der Waals surface area contributed by atoms with Crippen LogP contribution in [0.4, 0.5) is 0 Å². The van der Waals surface area contributed by atoms with Crippen LogP contribution in [0.5, 0.6) is 0 Å². The second kappa shape index (κ2) is 6.78. The van der Waals surface area contributed by atoms with E-state index in [2.05, 4.69) is 4.72 Å². The lowest BCUT2D eigenvalue weighted by Gasteiger charge is -2.35. The molecule has 0 aromatic carbocycles. The number of methoxy groups -OCH3 is 1. The van der Waals surface area contributed by atoms with Crippen LogP contribution in [0.15, 0.2) is 0 Å². The van der Waals surface area contributed by atoms with Crippen molar-refractivity contribution in [2.24, 2.45) is 0 Å². The normalized spacial score (nSPS) is 28.2. The van der Waals surface area contributed by atoms with Crippen LogP contribution < -0.4 is 4.72 Å². The van der Waals surface area contributed by atoms with Crippen molar-refractivity contribution in [1.82, 2.24) is 9.03 Å². The number of hydrogen-bond acceptors (Lipinski definition) is 5. The van der Waals surface area contributed by atoms with Gasteiger partial charge in [0.1, 0.15) is 0 Å². The Hall–Kier alpha value is -0.250. The number of aliphatic hydroxyl groups excluding tert-OH is 1. The van der Waals surface area contributed by atoms with Crippen molar-refractivity contribution in [3.05, 3.63) is 0 Å². The van der Waals surface area contributed by atoms with E-state index in [1.165, 1.54) is 11.4 Å². The van der Waals surface area contributed by atoms with Crippen molar-refractivity contribution in [2.45, 2.75) is 32.1 Å². The lowest BCUT2D eigenvalue weighted by molar-refractivity contribution is -0.0445. The molecule has 1 aliphatic rings. The molecule has 0 aromatic rings. The topological polar surface area (TPSA) is 88.1 Å². The first-order chi connectivity index (χ1) is 8.39. The fourth-order valence-electron chi connectivity index (χ4n) is 1.94. The maximum absolute atomic E-state index is 12.1. The lowest BCUT2D eigenvalue weighted by Crippen LogP contribution is -2.54. The zero-order valence-electron chi connectivity index (χ0n) is 11.0. The number of hydrogen-bond donors (Lipinski definition) is 2. The monoisotopic (exact) mass is 282 g/mol. The number of nitrogens with one attached hydrogen (secondary N) is 1. The Morgan fingerprint density at radius 2 is 2.00 bits per heavy atom. The highest BCUT2D eigenvalue weighted by Gasteiger charge is 2.32. The highest BCUT2D eigenvalue weighted by atomic mass is 32.2. The Morgan fingerprint density at radius 1 is 1.44 bits per heavy atom. The maximum Gasteiger partial charge on any atom is 0.280 e. The number of rotatable bonds is 6. The smallest absolute Gasteiger partial charge is 0.280 e. The van der Waals surface area contributed by atoms with Gasteiger partial charge in [-0.05, 0) is 13.8 Å². The number of aliphatic hydroxyl groups is 1. The molecule has 1 aliphatic heterocycles. The molecule has 0 amide bonds. The van der Waals surface area contributed by atoms with E-state index < -0.39 is 16.3 Å². The summed E-state index contributed by atoms with van der Waals surface area (Å²) in [4.78, 5) is 0. The largest absolute Gasteiger partial charge is 0.395 e. The van der Waals surface area contributed by atoms with E-state index in [-0.39, 0.29) is 25.4 Å². The van der Waals surface area contributed by atoms with Crippen molar-refractivity contribution in [3.8, 4) is 0 Å². The van der Waals surface area contributed by atoms with Crippen LogP contribution in [0.2, 0.25) is 0 Å². The van der Waals surface area contributed by atoms with Gasteiger partial charge in [0.2, 0.25) is 0 Å². The quantitative estimate of drug-likeness (QED) is 0.648. The van der Waals surface area contributed by atoms with Gasteiger partial charge in [-0.3, -0.25) is 0 Å². The lowest BCUT2D eigenvalue weighted by atomic mass is 10.3. The molecule has 7 nitrogen and oxygen atoms in total. The Labute approximate surface area is 108 Å². The molecule has 1 rings (SSSR count). The molecular formula is C10H22N2O5S. The van der Waals surface area contributed by atoms with Gasteiger partial charge in [-0.2, -0.15) is 17.4 Å². The summed E-state index contributed by atoms with van der Waals surface area (Å²) in [6.45, 7) is 4.11. The van der Waals surface area contributed by atoms with Crippen LogP contribution in [0.1, 0.15) is 13.8 Å². The fraction of sp³-hybridized carbons (Fsp3) is 1.00. The predicted octanol–water partition coefficient (Wildman–Crippen LogP) is -1.06. The zero-order valence-corrected chi connectivity index (χ0v) is 11.8. The van der Waals surface area contributed by atoms with Gasteiger partial charge in [0, 0.05) is 20.2 Å². The average Bonchev–Trinajstić information content (AvgIpc) is 2.27. The second-order valence-corrected chi connectivity index (χ2v) is 6.23. The molecule has 1 saturated heterocycles. The first-order valence-electron chi connectivity index (χ1n) is 5.91. The van der Waals surface area contributed by atoms with Crippen molar-refractivity contribution in [1.29, 1.82) is 0 Å². The van der Waals surface area contributed by atoms with Gasteiger partial charge in [0.25, 0.3) is 10.2 Å². The average molecular weight is 282 g/mol. The second-order valence-electron chi connectivity index (χ2n) is 4.53. The van der Waals surface area contributed by atoms with E-state index in [1.54, 1.807) is 0 Å². The van der Waals surface area contributed by atoms with Gasteiger partial charge < -0.3 is 14.6 Å². The van der Waals surface area contributed by atoms with E-state index in [9.17, 15) is 8.42 Å². The summed E-state index contributed by atoms with van der Waals surface area (Å²) in [6, 6.07) is -0.631. The number of ether oxygens (including phenoxy) is 2. The first-order valence-corrected chi connectivity index (χ1v) is 7.35. The predicted molar refractivity (Wildman–Crippen MR) is 66.4 cm³/mol. The van der Waals surface area contributed by atoms with Gasteiger partial charge in [-0.1, -0.05) is 0 Å². The van der Waals surface area contributed by atoms with Crippen LogP contribution in [-0.4, -0.2) is 69.5 Å². The van der Waals surface area contributed by atoms with E-state index >= 15 is 0 Å². The molecule has 0 bridgehead atoms. The molecule has 0 spiro atoms. The van der Waals surface area contributed by atoms with Gasteiger partial charge >= 0.3 is 0 Å². The minimum Gasteiger partial charge on any atom is -0.395 e. The molecule has 0 saturated carbocycles. The Morgan fingerprint density at radius 3 is 2.44 bits per heavy atom. The minimum atomic E-state index is -3.62. The molecule has 1 heterocycles. The molecule has 8 heteroatoms. The van der Waals surface area contributed by atoms with E-state index in [1.807, 2.05) is 13.8 Å². The molecule has 1 fully saturated rings. The summed E-state index contributed by atoms with van der Waals surface area (Å²) >= 11 is 0. The third kappa shape index (κ3) is 4.45. The van der Waals surface area contributed by atoms with Crippen LogP contribution in [-0.2, 0) is 19.7 Å². The molecule has 108 valence electrons. The summed E-state index contributed by atoms with van der Waals surface area (Å²) in [5.74, 6) is 0. The summed E-state index contributed by atoms with van der Waals surface area (Å²) in [6.07, 6.45) is -0.277. The standard InChI is InChI=1S/C10H22N2O5S/c1-8-4-12(5-9(2)17-8)18(14,15)11-10(6-13)7-16-3/h8-11,13H,4-7H2,1-3H3. The van der Waals surface area contributed by atoms with Crippen molar-refractivity contribution < 1.29 is 23.0 Å². The number of morpholine rings is 1. The summed E-state index contributed by atoms with van der Waals surface area (Å²) in [5.41, 5.74) is 0. The van der Waals surface area contributed by atoms with Gasteiger partial charge in [0.15, 0.2) is 0 Å². The maximum atomic E-state index is 12.1. The van der Waals surface area contributed by atoms with E-state index in [0.717, 1.165) is 0 Å². The zero-order chi connectivity index (χ0) is 13.8. The number of nitrogens with zero attached hydrogens (tertiary/aromatic N) is 1. The van der Waals surface area contributed by atoms with Crippen LogP contribution in [0, 0.1) is 0 Å². The van der Waals surface area contributed by atoms with Gasteiger partial charge in [0.05, 0.1) is 31.5 Å². The Kier molecular flexibility index (Phi) is 5.96. The third-order valence-electron chi connectivity index (χ3n) is 2.63. The van der Waals surface area contributed by atoms with Crippen molar-refractivity contribution in [3.63, 3.8) is 0 Å². The van der Waals surface area contributed by atoms with Crippen molar-refractivity contribution >= 4 is 10.2 Å². The molecule has 3 unspecified atom stereocenters. The third-order valence-corrected chi connectivity index (χ3v) is 4.24. The Balaban J connectivity index is 2.67. The molecule has 2 N–H and O–H groups in total. The van der Waals surface area contributed by atoms with Crippen molar-refractivity contribution in [2.75, 3.05) is 33.4 Å². The van der Waals surface area contributed by atoms with Crippen LogP contribution in [0.3, 0.4) is 0 Å². The summed E-state index contributed by atoms with van der Waals surface area (Å²) in [7, 11) is -2.17.